The minimum Gasteiger partial charge on any atom is -0.496 e. The Morgan fingerprint density at radius 2 is 1.29 bits per heavy atom. The monoisotopic (exact) mass is 525 g/mol. The summed E-state index contributed by atoms with van der Waals surface area (Å²) in [5.41, 5.74) is 2.11. The number of carbonyl (C=O) groups is 2. The average Bonchev–Trinajstić information content (AvgIpc) is 2.89. The predicted molar refractivity (Wildman–Crippen MR) is 135 cm³/mol. The fourth-order valence-corrected chi connectivity index (χ4v) is 3.85. The summed E-state index contributed by atoms with van der Waals surface area (Å²) >= 11 is 3.48. The molecule has 0 aliphatic carbocycles. The van der Waals surface area contributed by atoms with Crippen LogP contribution >= 0.6 is 15.9 Å². The Bertz CT molecular complexity index is 1040. The molecule has 0 saturated carbocycles. The van der Waals surface area contributed by atoms with Crippen molar-refractivity contribution in [2.24, 2.45) is 0 Å². The molecule has 34 heavy (non-hydrogen) atoms. The Kier molecular flexibility index (Phi) is 9.49. The maximum atomic E-state index is 12.5. The van der Waals surface area contributed by atoms with Crippen LogP contribution < -0.4 is 20.1 Å². The van der Waals surface area contributed by atoms with Crippen molar-refractivity contribution >= 4 is 27.7 Å². The van der Waals surface area contributed by atoms with E-state index in [1.165, 1.54) is 0 Å². The molecule has 178 valence electrons. The molecule has 0 heterocycles. The van der Waals surface area contributed by atoms with Gasteiger partial charge >= 0.3 is 0 Å². The summed E-state index contributed by atoms with van der Waals surface area (Å²) in [5.74, 6) is 1.08. The first-order chi connectivity index (χ1) is 16.5. The van der Waals surface area contributed by atoms with Crippen LogP contribution in [-0.2, 0) is 6.42 Å². The molecule has 0 aliphatic rings. The van der Waals surface area contributed by atoms with Crippen LogP contribution in [0.15, 0.2) is 77.3 Å². The van der Waals surface area contributed by atoms with E-state index in [0.717, 1.165) is 15.8 Å². The van der Waals surface area contributed by atoms with Crippen molar-refractivity contribution in [3.63, 3.8) is 0 Å². The highest BCUT2D eigenvalue weighted by Crippen LogP contribution is 2.33. The molecule has 0 spiro atoms. The number of nitrogens with zero attached hydrogens (tertiary/aromatic N) is 1. The Morgan fingerprint density at radius 3 is 1.76 bits per heavy atom. The fraction of sp³-hybridized carbons (Fsp3) is 0.231. The molecule has 3 rings (SSSR count). The third kappa shape index (κ3) is 7.07. The zero-order valence-corrected chi connectivity index (χ0v) is 20.8. The molecule has 7 nitrogen and oxygen atoms in total. The first-order valence-corrected chi connectivity index (χ1v) is 11.6. The summed E-state index contributed by atoms with van der Waals surface area (Å²) < 4.78 is 11.7. The number of methoxy groups -OCH3 is 2. The lowest BCUT2D eigenvalue weighted by molar-refractivity contribution is 0.0890. The zero-order chi connectivity index (χ0) is 24.3. The molecule has 0 unspecified atom stereocenters. The van der Waals surface area contributed by atoms with Gasteiger partial charge in [0, 0.05) is 17.7 Å². The minimum atomic E-state index is -0.178. The third-order valence-corrected chi connectivity index (χ3v) is 5.87. The SMILES string of the molecule is COc1cc(CCN(CNC(=O)c2ccccc2)CNC(=O)c2ccccc2)c(OC)cc1Br. The molecule has 0 aromatic heterocycles. The molecular weight excluding hydrogens is 498 g/mol. The van der Waals surface area contributed by atoms with Gasteiger partial charge in [-0.2, -0.15) is 0 Å². The van der Waals surface area contributed by atoms with Gasteiger partial charge in [-0.25, -0.2) is 0 Å². The smallest absolute Gasteiger partial charge is 0.252 e. The van der Waals surface area contributed by atoms with E-state index in [4.69, 9.17) is 9.47 Å². The van der Waals surface area contributed by atoms with Gasteiger partial charge in [0.05, 0.1) is 32.0 Å². The van der Waals surface area contributed by atoms with E-state index in [0.29, 0.717) is 29.8 Å². The molecule has 2 N–H and O–H groups in total. The van der Waals surface area contributed by atoms with Crippen molar-refractivity contribution in [3.8, 4) is 11.5 Å². The standard InChI is InChI=1S/C26H28BrN3O4/c1-33-23-16-22(27)24(34-2)15-21(23)13-14-30(17-28-25(31)19-9-5-3-6-10-19)18-29-26(32)20-11-7-4-8-12-20/h3-12,15-16H,13-14,17-18H2,1-2H3,(H,28,31)(H,29,32). The van der Waals surface area contributed by atoms with Crippen LogP contribution in [0.4, 0.5) is 0 Å². The number of amides is 2. The lowest BCUT2D eigenvalue weighted by atomic mass is 10.1. The number of carbonyl (C=O) groups excluding carboxylic acids is 2. The van der Waals surface area contributed by atoms with Crippen molar-refractivity contribution in [2.75, 3.05) is 34.1 Å². The van der Waals surface area contributed by atoms with Gasteiger partial charge in [0.1, 0.15) is 11.5 Å². The van der Waals surface area contributed by atoms with Crippen molar-refractivity contribution in [3.05, 3.63) is 94.0 Å². The Labute approximate surface area is 208 Å². The van der Waals surface area contributed by atoms with Gasteiger partial charge in [-0.15, -0.1) is 0 Å². The van der Waals surface area contributed by atoms with Crippen LogP contribution in [0.5, 0.6) is 11.5 Å². The van der Waals surface area contributed by atoms with E-state index in [1.807, 2.05) is 53.4 Å². The van der Waals surface area contributed by atoms with E-state index in [-0.39, 0.29) is 25.2 Å². The highest BCUT2D eigenvalue weighted by Gasteiger charge is 2.14. The molecule has 0 aliphatic heterocycles. The second-order valence-electron chi connectivity index (χ2n) is 7.50. The number of ether oxygens (including phenoxy) is 2. The van der Waals surface area contributed by atoms with Crippen molar-refractivity contribution in [1.29, 1.82) is 0 Å². The normalized spacial score (nSPS) is 10.6. The second-order valence-corrected chi connectivity index (χ2v) is 8.36. The molecule has 3 aromatic rings. The van der Waals surface area contributed by atoms with Gasteiger partial charge in [-0.3, -0.25) is 14.5 Å². The van der Waals surface area contributed by atoms with E-state index >= 15 is 0 Å². The van der Waals surface area contributed by atoms with E-state index in [1.54, 1.807) is 38.5 Å². The van der Waals surface area contributed by atoms with Crippen molar-refractivity contribution in [1.82, 2.24) is 15.5 Å². The van der Waals surface area contributed by atoms with Gasteiger partial charge in [0.15, 0.2) is 0 Å². The molecule has 2 amide bonds. The van der Waals surface area contributed by atoms with E-state index in [9.17, 15) is 9.59 Å². The molecule has 0 atom stereocenters. The van der Waals surface area contributed by atoms with Crippen LogP contribution in [0.1, 0.15) is 26.3 Å². The summed E-state index contributed by atoms with van der Waals surface area (Å²) in [6.07, 6.45) is 0.620. The number of halogens is 1. The predicted octanol–water partition coefficient (Wildman–Crippen LogP) is 4.09. The Balaban J connectivity index is 1.69. The summed E-state index contributed by atoms with van der Waals surface area (Å²) in [5, 5.41) is 5.86. The average molecular weight is 526 g/mol. The molecule has 0 radical (unpaired) electrons. The van der Waals surface area contributed by atoms with E-state index in [2.05, 4.69) is 26.6 Å². The number of nitrogens with one attached hydrogen (secondary N) is 2. The molecule has 8 heteroatoms. The number of hydrogen-bond donors (Lipinski definition) is 2. The molecular formula is C26H28BrN3O4. The van der Waals surface area contributed by atoms with Gasteiger partial charge in [-0.05, 0) is 64.3 Å². The maximum Gasteiger partial charge on any atom is 0.252 e. The molecule has 3 aromatic carbocycles. The molecule has 0 saturated heterocycles. The number of benzene rings is 3. The minimum absolute atomic E-state index is 0.178. The van der Waals surface area contributed by atoms with E-state index < -0.39 is 0 Å². The lowest BCUT2D eigenvalue weighted by Crippen LogP contribution is -2.44. The van der Waals surface area contributed by atoms with Gasteiger partial charge in [0.2, 0.25) is 0 Å². The van der Waals surface area contributed by atoms with Crippen molar-refractivity contribution < 1.29 is 19.1 Å². The van der Waals surface area contributed by atoms with Crippen LogP contribution in [0.3, 0.4) is 0 Å². The highest BCUT2D eigenvalue weighted by molar-refractivity contribution is 9.10. The fourth-order valence-electron chi connectivity index (χ4n) is 3.36. The maximum absolute atomic E-state index is 12.5. The summed E-state index contributed by atoms with van der Waals surface area (Å²) in [7, 11) is 3.23. The lowest BCUT2D eigenvalue weighted by Gasteiger charge is -2.24. The second kappa shape index (κ2) is 12.8. The summed E-state index contributed by atoms with van der Waals surface area (Å²) in [6.45, 7) is 1.09. The van der Waals surface area contributed by atoms with Crippen molar-refractivity contribution in [2.45, 2.75) is 6.42 Å². The van der Waals surface area contributed by atoms with Crippen LogP contribution in [-0.4, -0.2) is 50.8 Å². The molecule has 0 bridgehead atoms. The first kappa shape index (κ1) is 25.3. The Hall–Kier alpha value is -3.36. The first-order valence-electron chi connectivity index (χ1n) is 10.8. The van der Waals surface area contributed by atoms with Gasteiger partial charge < -0.3 is 20.1 Å². The highest BCUT2D eigenvalue weighted by atomic mass is 79.9. The third-order valence-electron chi connectivity index (χ3n) is 5.25. The zero-order valence-electron chi connectivity index (χ0n) is 19.2. The number of rotatable bonds is 11. The Morgan fingerprint density at radius 1 is 0.794 bits per heavy atom. The summed E-state index contributed by atoms with van der Waals surface area (Å²) in [6, 6.07) is 21.8. The van der Waals surface area contributed by atoms with Crippen LogP contribution in [0.25, 0.3) is 0 Å². The quantitative estimate of drug-likeness (QED) is 0.368. The van der Waals surface area contributed by atoms with Crippen LogP contribution in [0, 0.1) is 0 Å². The summed E-state index contributed by atoms with van der Waals surface area (Å²) in [4.78, 5) is 27.0. The van der Waals surface area contributed by atoms with Gasteiger partial charge in [0.25, 0.3) is 11.8 Å². The molecule has 0 fully saturated rings. The van der Waals surface area contributed by atoms with Gasteiger partial charge in [-0.1, -0.05) is 36.4 Å². The topological polar surface area (TPSA) is 79.9 Å². The largest absolute Gasteiger partial charge is 0.496 e. The van der Waals surface area contributed by atoms with Crippen LogP contribution in [0.2, 0.25) is 0 Å². The number of hydrogen-bond acceptors (Lipinski definition) is 5.